The van der Waals surface area contributed by atoms with Crippen molar-refractivity contribution in [2.45, 2.75) is 45.2 Å². The lowest BCUT2D eigenvalue weighted by molar-refractivity contribution is -0.142. The third-order valence-corrected chi connectivity index (χ3v) is 7.00. The number of carboxylic acid groups (broad SMARTS) is 1. The van der Waals surface area contributed by atoms with Gasteiger partial charge in [-0.15, -0.1) is 0 Å². The summed E-state index contributed by atoms with van der Waals surface area (Å²) in [6.45, 7) is 3.29. The first kappa shape index (κ1) is 26.5. The van der Waals surface area contributed by atoms with E-state index in [0.29, 0.717) is 18.3 Å². The van der Waals surface area contributed by atoms with Crippen LogP contribution in [0.1, 0.15) is 48.5 Å². The Bertz CT molecular complexity index is 1170. The number of ether oxygens (including phenoxy) is 1. The number of anilines is 1. The standard InChI is InChI=1S/C27H31F2N3O5/c1-2-23(27(35)36)32-16-25(33)31(15-18-3-4-19(28)13-22(18)29)24-6-5-20(14-21(24)26(32)34)37-12-9-17-7-10-30-11-8-17/h3-6,13-14,17,23,30H,2,7-12,15-16H2,1H3,(H,35,36). The number of hydrogen-bond donors (Lipinski definition) is 2. The fourth-order valence-electron chi connectivity index (χ4n) is 4.89. The molecule has 4 rings (SSSR count). The van der Waals surface area contributed by atoms with Gasteiger partial charge in [0.05, 0.1) is 24.4 Å². The smallest absolute Gasteiger partial charge is 0.326 e. The van der Waals surface area contributed by atoms with Crippen LogP contribution in [0, 0.1) is 17.6 Å². The van der Waals surface area contributed by atoms with Crippen LogP contribution in [0.3, 0.4) is 0 Å². The average molecular weight is 516 g/mol. The van der Waals surface area contributed by atoms with Crippen molar-refractivity contribution >= 4 is 23.5 Å². The van der Waals surface area contributed by atoms with Crippen molar-refractivity contribution in [3.05, 3.63) is 59.2 Å². The molecule has 0 spiro atoms. The fourth-order valence-corrected chi connectivity index (χ4v) is 4.89. The number of carbonyl (C=O) groups excluding carboxylic acids is 2. The summed E-state index contributed by atoms with van der Waals surface area (Å²) in [6.07, 6.45) is 3.12. The molecule has 0 aromatic heterocycles. The second kappa shape index (κ2) is 11.7. The summed E-state index contributed by atoms with van der Waals surface area (Å²) in [5.41, 5.74) is 0.369. The van der Waals surface area contributed by atoms with Crippen molar-refractivity contribution in [3.8, 4) is 5.75 Å². The van der Waals surface area contributed by atoms with Crippen molar-refractivity contribution in [2.24, 2.45) is 5.92 Å². The van der Waals surface area contributed by atoms with Crippen molar-refractivity contribution in [1.29, 1.82) is 0 Å². The monoisotopic (exact) mass is 515 g/mol. The summed E-state index contributed by atoms with van der Waals surface area (Å²) in [5, 5.41) is 13.0. The van der Waals surface area contributed by atoms with E-state index in [1.807, 2.05) is 0 Å². The molecular formula is C27H31F2N3O5. The molecule has 2 N–H and O–H groups in total. The Morgan fingerprint density at radius 3 is 2.59 bits per heavy atom. The van der Waals surface area contributed by atoms with E-state index in [2.05, 4.69) is 5.32 Å². The van der Waals surface area contributed by atoms with Gasteiger partial charge in [0, 0.05) is 11.6 Å². The Labute approximate surface area is 214 Å². The van der Waals surface area contributed by atoms with Gasteiger partial charge in [-0.25, -0.2) is 13.6 Å². The van der Waals surface area contributed by atoms with Gasteiger partial charge in [-0.05, 0) is 69.0 Å². The van der Waals surface area contributed by atoms with Crippen molar-refractivity contribution < 1.29 is 33.0 Å². The first-order valence-electron chi connectivity index (χ1n) is 12.5. The number of piperidine rings is 1. The van der Waals surface area contributed by atoms with Gasteiger partial charge in [0.15, 0.2) is 0 Å². The highest BCUT2D eigenvalue weighted by Crippen LogP contribution is 2.32. The quantitative estimate of drug-likeness (QED) is 0.530. The highest BCUT2D eigenvalue weighted by Gasteiger charge is 2.37. The zero-order valence-corrected chi connectivity index (χ0v) is 20.7. The number of amides is 2. The molecule has 8 nitrogen and oxygen atoms in total. The first-order valence-corrected chi connectivity index (χ1v) is 12.5. The molecule has 10 heteroatoms. The molecular weight excluding hydrogens is 484 g/mol. The molecule has 37 heavy (non-hydrogen) atoms. The van der Waals surface area contributed by atoms with Crippen LogP contribution < -0.4 is 15.0 Å². The number of fused-ring (bicyclic) bond motifs is 1. The predicted molar refractivity (Wildman–Crippen MR) is 132 cm³/mol. The van der Waals surface area contributed by atoms with Gasteiger partial charge >= 0.3 is 5.97 Å². The third-order valence-electron chi connectivity index (χ3n) is 7.00. The van der Waals surface area contributed by atoms with Gasteiger partial charge in [-0.2, -0.15) is 0 Å². The molecule has 0 bridgehead atoms. The van der Waals surface area contributed by atoms with Crippen LogP contribution in [-0.4, -0.2) is 60.1 Å². The lowest BCUT2D eigenvalue weighted by Crippen LogP contribution is -2.48. The molecule has 1 saturated heterocycles. The molecule has 0 radical (unpaired) electrons. The SMILES string of the molecule is CCC(C(=O)O)N1CC(=O)N(Cc2ccc(F)cc2F)c2ccc(OCCC3CCNCC3)cc2C1=O. The number of nitrogens with one attached hydrogen (secondary N) is 1. The maximum atomic E-state index is 14.5. The summed E-state index contributed by atoms with van der Waals surface area (Å²) >= 11 is 0. The maximum Gasteiger partial charge on any atom is 0.326 e. The van der Waals surface area contributed by atoms with E-state index in [9.17, 15) is 28.3 Å². The number of aliphatic carboxylic acids is 1. The lowest BCUT2D eigenvalue weighted by Gasteiger charge is -2.26. The van der Waals surface area contributed by atoms with Crippen LogP contribution in [0.2, 0.25) is 0 Å². The molecule has 1 atom stereocenters. The van der Waals surface area contributed by atoms with E-state index >= 15 is 0 Å². The van der Waals surface area contributed by atoms with E-state index < -0.39 is 42.0 Å². The minimum Gasteiger partial charge on any atom is -0.494 e. The van der Waals surface area contributed by atoms with Gasteiger partial charge < -0.3 is 25.0 Å². The second-order valence-electron chi connectivity index (χ2n) is 9.42. The normalized spacial score (nSPS) is 17.4. The maximum absolute atomic E-state index is 14.5. The summed E-state index contributed by atoms with van der Waals surface area (Å²) in [6, 6.07) is 6.55. The number of halogens is 2. The van der Waals surface area contributed by atoms with E-state index in [-0.39, 0.29) is 29.8 Å². The molecule has 2 aliphatic heterocycles. The van der Waals surface area contributed by atoms with Crippen LogP contribution in [0.4, 0.5) is 14.5 Å². The molecule has 0 saturated carbocycles. The molecule has 2 aliphatic rings. The number of benzene rings is 2. The Kier molecular flexibility index (Phi) is 8.38. The molecule has 2 heterocycles. The van der Waals surface area contributed by atoms with Gasteiger partial charge in [-0.3, -0.25) is 9.59 Å². The largest absolute Gasteiger partial charge is 0.494 e. The Hall–Kier alpha value is -3.53. The summed E-state index contributed by atoms with van der Waals surface area (Å²) < 4.78 is 33.8. The Balaban J connectivity index is 1.65. The Morgan fingerprint density at radius 2 is 1.92 bits per heavy atom. The molecule has 1 fully saturated rings. The molecule has 2 amide bonds. The lowest BCUT2D eigenvalue weighted by atomic mass is 9.95. The predicted octanol–water partition coefficient (Wildman–Crippen LogP) is 3.59. The minimum absolute atomic E-state index is 0.0640. The summed E-state index contributed by atoms with van der Waals surface area (Å²) in [5.74, 6) is -3.01. The average Bonchev–Trinajstić information content (AvgIpc) is 2.97. The van der Waals surface area contributed by atoms with Crippen molar-refractivity contribution in [1.82, 2.24) is 10.2 Å². The highest BCUT2D eigenvalue weighted by molar-refractivity contribution is 6.10. The molecule has 2 aromatic carbocycles. The van der Waals surface area contributed by atoms with Crippen molar-refractivity contribution in [3.63, 3.8) is 0 Å². The summed E-state index contributed by atoms with van der Waals surface area (Å²) in [7, 11) is 0. The van der Waals surface area contributed by atoms with E-state index in [4.69, 9.17) is 4.74 Å². The number of rotatable bonds is 9. The van der Waals surface area contributed by atoms with Crippen LogP contribution in [0.15, 0.2) is 36.4 Å². The van der Waals surface area contributed by atoms with Gasteiger partial charge in [0.25, 0.3) is 5.91 Å². The zero-order chi connectivity index (χ0) is 26.5. The molecule has 1 unspecified atom stereocenters. The van der Waals surface area contributed by atoms with Crippen LogP contribution >= 0.6 is 0 Å². The van der Waals surface area contributed by atoms with Crippen molar-refractivity contribution in [2.75, 3.05) is 31.1 Å². The van der Waals surface area contributed by atoms with Gasteiger partial charge in [-0.1, -0.05) is 13.0 Å². The number of carboxylic acids is 1. The van der Waals surface area contributed by atoms with Crippen LogP contribution in [-0.2, 0) is 16.1 Å². The Morgan fingerprint density at radius 1 is 1.16 bits per heavy atom. The zero-order valence-electron chi connectivity index (χ0n) is 20.7. The number of carbonyl (C=O) groups is 3. The fraction of sp³-hybridized carbons (Fsp3) is 0.444. The topological polar surface area (TPSA) is 99.2 Å². The van der Waals surface area contributed by atoms with Crippen LogP contribution in [0.25, 0.3) is 0 Å². The number of hydrogen-bond acceptors (Lipinski definition) is 5. The third kappa shape index (κ3) is 6.07. The highest BCUT2D eigenvalue weighted by atomic mass is 19.1. The first-order chi connectivity index (χ1) is 17.8. The van der Waals surface area contributed by atoms with E-state index in [0.717, 1.165) is 49.4 Å². The van der Waals surface area contributed by atoms with E-state index in [1.165, 1.54) is 17.0 Å². The number of nitrogens with zero attached hydrogens (tertiary/aromatic N) is 2. The molecule has 198 valence electrons. The molecule has 2 aromatic rings. The van der Waals surface area contributed by atoms with Gasteiger partial charge in [0.1, 0.15) is 30.0 Å². The second-order valence-corrected chi connectivity index (χ2v) is 9.42. The van der Waals surface area contributed by atoms with E-state index in [1.54, 1.807) is 19.1 Å². The minimum atomic E-state index is -1.22. The summed E-state index contributed by atoms with van der Waals surface area (Å²) in [4.78, 5) is 41.0. The van der Waals surface area contributed by atoms with Crippen LogP contribution in [0.5, 0.6) is 5.75 Å². The van der Waals surface area contributed by atoms with Gasteiger partial charge in [0.2, 0.25) is 5.91 Å². The molecule has 0 aliphatic carbocycles.